The zero-order valence-corrected chi connectivity index (χ0v) is 7.78. The average Bonchev–Trinajstić information content (AvgIpc) is 2.08. The van der Waals surface area contributed by atoms with E-state index in [0.29, 0.717) is 0 Å². The van der Waals surface area contributed by atoms with Gasteiger partial charge in [0.1, 0.15) is 6.10 Å². The Bertz CT molecular complexity index is 177. The molecule has 1 fully saturated rings. The van der Waals surface area contributed by atoms with Crippen molar-refractivity contribution < 1.29 is 14.6 Å². The van der Waals surface area contributed by atoms with E-state index in [4.69, 9.17) is 4.74 Å². The molecule has 3 nitrogen and oxygen atoms in total. The monoisotopic (exact) mass is 172 g/mol. The molecule has 1 saturated heterocycles. The van der Waals surface area contributed by atoms with Gasteiger partial charge in [-0.15, -0.1) is 0 Å². The quantitative estimate of drug-likeness (QED) is 0.599. The first kappa shape index (κ1) is 9.52. The molecule has 0 saturated carbocycles. The summed E-state index contributed by atoms with van der Waals surface area (Å²) in [6.45, 7) is 5.88. The molecule has 0 bridgehead atoms. The highest BCUT2D eigenvalue weighted by Gasteiger charge is 2.39. The van der Waals surface area contributed by atoms with Gasteiger partial charge in [0, 0.05) is 0 Å². The normalized spacial score (nSPS) is 42.5. The van der Waals surface area contributed by atoms with Crippen LogP contribution in [-0.4, -0.2) is 23.3 Å². The number of carbonyl (C=O) groups is 1. The summed E-state index contributed by atoms with van der Waals surface area (Å²) in [5.74, 6) is -0.202. The molecule has 1 heterocycles. The van der Waals surface area contributed by atoms with E-state index in [2.05, 4.69) is 0 Å². The molecule has 4 atom stereocenters. The lowest BCUT2D eigenvalue weighted by molar-refractivity contribution is -0.179. The molecule has 0 aliphatic carbocycles. The van der Waals surface area contributed by atoms with E-state index in [-0.39, 0.29) is 17.9 Å². The molecule has 1 N–H and O–H groups in total. The molecule has 1 aliphatic rings. The van der Waals surface area contributed by atoms with Crippen LogP contribution in [0.1, 0.15) is 27.2 Å². The smallest absolute Gasteiger partial charge is 0.335 e. The maximum atomic E-state index is 11.0. The van der Waals surface area contributed by atoms with Gasteiger partial charge >= 0.3 is 5.97 Å². The fraction of sp³-hybridized carbons (Fsp3) is 0.889. The Labute approximate surface area is 72.7 Å². The van der Waals surface area contributed by atoms with Gasteiger partial charge in [-0.3, -0.25) is 0 Å². The van der Waals surface area contributed by atoms with Gasteiger partial charge in [-0.2, -0.15) is 0 Å². The summed E-state index contributed by atoms with van der Waals surface area (Å²) in [5.41, 5.74) is 0. The van der Waals surface area contributed by atoms with E-state index in [1.165, 1.54) is 0 Å². The molecule has 4 unspecified atom stereocenters. The second-order valence-electron chi connectivity index (χ2n) is 3.55. The Hall–Kier alpha value is -0.570. The zero-order chi connectivity index (χ0) is 9.30. The third-order valence-electron chi connectivity index (χ3n) is 2.83. The number of cyclic esters (lactones) is 1. The number of rotatable bonds is 1. The average molecular weight is 172 g/mol. The van der Waals surface area contributed by atoms with Gasteiger partial charge in [0.05, 0.1) is 0 Å². The van der Waals surface area contributed by atoms with Gasteiger partial charge in [-0.25, -0.2) is 4.79 Å². The second kappa shape index (κ2) is 3.44. The lowest BCUT2D eigenvalue weighted by atomic mass is 9.83. The van der Waals surface area contributed by atoms with Crippen LogP contribution in [0.3, 0.4) is 0 Å². The molecule has 12 heavy (non-hydrogen) atoms. The third-order valence-corrected chi connectivity index (χ3v) is 2.83. The summed E-state index contributed by atoms with van der Waals surface area (Å²) >= 11 is 0. The van der Waals surface area contributed by atoms with Crippen molar-refractivity contribution >= 4 is 5.97 Å². The molecule has 1 aliphatic heterocycles. The van der Waals surface area contributed by atoms with E-state index < -0.39 is 12.1 Å². The van der Waals surface area contributed by atoms with Crippen molar-refractivity contribution in [1.29, 1.82) is 0 Å². The third kappa shape index (κ3) is 1.46. The molecule has 1 rings (SSSR count). The highest BCUT2D eigenvalue weighted by Crippen LogP contribution is 2.28. The summed E-state index contributed by atoms with van der Waals surface area (Å²) in [6.07, 6.45) is -0.122. The van der Waals surface area contributed by atoms with Gasteiger partial charge in [-0.1, -0.05) is 20.8 Å². The molecule has 0 amide bonds. The molecule has 0 aromatic heterocycles. The number of ether oxygens (including phenoxy) is 1. The molecule has 0 radical (unpaired) electrons. The van der Waals surface area contributed by atoms with Crippen LogP contribution >= 0.6 is 0 Å². The molecule has 70 valence electrons. The van der Waals surface area contributed by atoms with Crippen LogP contribution in [-0.2, 0) is 9.53 Å². The molecule has 0 aromatic rings. The van der Waals surface area contributed by atoms with Crippen molar-refractivity contribution in [3.63, 3.8) is 0 Å². The number of aliphatic hydroxyl groups excluding tert-OH is 1. The van der Waals surface area contributed by atoms with Crippen molar-refractivity contribution in [2.75, 3.05) is 0 Å². The molecular weight excluding hydrogens is 156 g/mol. The lowest BCUT2D eigenvalue weighted by Gasteiger charge is -2.35. The van der Waals surface area contributed by atoms with Crippen molar-refractivity contribution in [2.24, 2.45) is 11.8 Å². The van der Waals surface area contributed by atoms with Crippen molar-refractivity contribution in [3.05, 3.63) is 0 Å². The number of aliphatic hydroxyl groups is 1. The topological polar surface area (TPSA) is 46.5 Å². The summed E-state index contributed by atoms with van der Waals surface area (Å²) in [6, 6.07) is 0. The summed E-state index contributed by atoms with van der Waals surface area (Å²) in [5, 5.41) is 9.36. The van der Waals surface area contributed by atoms with E-state index in [0.717, 1.165) is 6.42 Å². The van der Waals surface area contributed by atoms with Gasteiger partial charge in [0.15, 0.2) is 6.10 Å². The Morgan fingerprint density at radius 1 is 1.42 bits per heavy atom. The highest BCUT2D eigenvalue weighted by molar-refractivity contribution is 5.75. The predicted octanol–water partition coefficient (Wildman–Crippen LogP) is 0.955. The Morgan fingerprint density at radius 3 is 2.50 bits per heavy atom. The van der Waals surface area contributed by atoms with Gasteiger partial charge in [0.2, 0.25) is 0 Å². The Balaban J connectivity index is 2.70. The van der Waals surface area contributed by atoms with Crippen LogP contribution < -0.4 is 0 Å². The van der Waals surface area contributed by atoms with Crippen LogP contribution in [0.4, 0.5) is 0 Å². The standard InChI is InChI=1S/C9H16O3/c1-4-7-5(2)6(3)8(10)9(11)12-7/h5-8,10H,4H2,1-3H3. The van der Waals surface area contributed by atoms with Crippen LogP contribution in [0.5, 0.6) is 0 Å². The van der Waals surface area contributed by atoms with Crippen LogP contribution in [0.25, 0.3) is 0 Å². The minimum absolute atomic E-state index is 0.0104. The Kier molecular flexibility index (Phi) is 2.73. The van der Waals surface area contributed by atoms with Crippen molar-refractivity contribution in [3.8, 4) is 0 Å². The largest absolute Gasteiger partial charge is 0.460 e. The maximum Gasteiger partial charge on any atom is 0.335 e. The van der Waals surface area contributed by atoms with E-state index in [1.807, 2.05) is 20.8 Å². The maximum absolute atomic E-state index is 11.0. The fourth-order valence-electron chi connectivity index (χ4n) is 1.62. The molecular formula is C9H16O3. The molecule has 0 spiro atoms. The first-order chi connectivity index (χ1) is 5.57. The SMILES string of the molecule is CCC1OC(=O)C(O)C(C)C1C. The minimum atomic E-state index is -0.928. The summed E-state index contributed by atoms with van der Waals surface area (Å²) < 4.78 is 5.04. The van der Waals surface area contributed by atoms with Crippen LogP contribution in [0, 0.1) is 11.8 Å². The van der Waals surface area contributed by atoms with Crippen LogP contribution in [0.15, 0.2) is 0 Å². The van der Waals surface area contributed by atoms with E-state index in [9.17, 15) is 9.90 Å². The van der Waals surface area contributed by atoms with Gasteiger partial charge < -0.3 is 9.84 Å². The number of hydrogen-bond acceptors (Lipinski definition) is 3. The predicted molar refractivity (Wildman–Crippen MR) is 44.5 cm³/mol. The van der Waals surface area contributed by atoms with E-state index >= 15 is 0 Å². The van der Waals surface area contributed by atoms with E-state index in [1.54, 1.807) is 0 Å². The Morgan fingerprint density at radius 2 is 2.00 bits per heavy atom. The molecule has 3 heteroatoms. The second-order valence-corrected chi connectivity index (χ2v) is 3.55. The van der Waals surface area contributed by atoms with Crippen molar-refractivity contribution in [1.82, 2.24) is 0 Å². The first-order valence-corrected chi connectivity index (χ1v) is 4.46. The van der Waals surface area contributed by atoms with Gasteiger partial charge in [-0.05, 0) is 18.3 Å². The summed E-state index contributed by atoms with van der Waals surface area (Å²) in [7, 11) is 0. The van der Waals surface area contributed by atoms with Crippen LogP contribution in [0.2, 0.25) is 0 Å². The first-order valence-electron chi connectivity index (χ1n) is 4.46. The zero-order valence-electron chi connectivity index (χ0n) is 7.78. The molecule has 0 aromatic carbocycles. The number of hydrogen-bond donors (Lipinski definition) is 1. The highest BCUT2D eigenvalue weighted by atomic mass is 16.6. The number of carbonyl (C=O) groups excluding carboxylic acids is 1. The summed E-state index contributed by atoms with van der Waals surface area (Å²) in [4.78, 5) is 11.0. The van der Waals surface area contributed by atoms with Gasteiger partial charge in [0.25, 0.3) is 0 Å². The number of esters is 1. The minimum Gasteiger partial charge on any atom is -0.460 e. The lowest BCUT2D eigenvalue weighted by Crippen LogP contribution is -2.46. The fourth-order valence-corrected chi connectivity index (χ4v) is 1.62. The van der Waals surface area contributed by atoms with Crippen molar-refractivity contribution in [2.45, 2.75) is 39.4 Å².